The minimum absolute atomic E-state index is 0.0467. The number of carbonyl (C=O) groups is 2. The van der Waals surface area contributed by atoms with E-state index in [1.54, 1.807) is 12.1 Å². The summed E-state index contributed by atoms with van der Waals surface area (Å²) in [4.78, 5) is 41.3. The number of ketones is 1. The molecule has 3 aliphatic heterocycles. The molecule has 0 spiro atoms. The first-order chi connectivity index (χ1) is 28.7. The zero-order valence-corrected chi connectivity index (χ0v) is 32.8. The number of benzene rings is 5. The number of hydrogen-bond acceptors (Lipinski definition) is 8. The normalized spacial score (nSPS) is 19.5. The van der Waals surface area contributed by atoms with Crippen LogP contribution in [0.15, 0.2) is 138 Å². The lowest BCUT2D eigenvalue weighted by Gasteiger charge is -2.51. The highest BCUT2D eigenvalue weighted by Crippen LogP contribution is 2.36. The van der Waals surface area contributed by atoms with Crippen molar-refractivity contribution in [2.45, 2.75) is 44.2 Å². The quantitative estimate of drug-likeness (QED) is 0.0555. The van der Waals surface area contributed by atoms with Gasteiger partial charge in [-0.25, -0.2) is 4.79 Å². The van der Waals surface area contributed by atoms with Gasteiger partial charge in [0.1, 0.15) is 31.2 Å². The minimum atomic E-state index is -0.850. The number of H-pyrrole nitrogens is 1. The number of hydrogen-bond donors (Lipinski definition) is 5. The number of amides is 1. The number of phenols is 1. The molecule has 0 aliphatic carbocycles. The predicted molar refractivity (Wildman–Crippen MR) is 225 cm³/mol. The maximum atomic E-state index is 13.7. The average Bonchev–Trinajstić information content (AvgIpc) is 3.26. The van der Waals surface area contributed by atoms with Crippen molar-refractivity contribution < 1.29 is 33.8 Å². The second-order valence-corrected chi connectivity index (χ2v) is 15.8. The zero-order valence-electron chi connectivity index (χ0n) is 32.8. The molecule has 0 radical (unpaired) electrons. The van der Waals surface area contributed by atoms with Crippen LogP contribution >= 0.6 is 0 Å². The first-order valence-electron chi connectivity index (χ1n) is 20.2. The molecule has 3 fully saturated rings. The van der Waals surface area contributed by atoms with E-state index in [0.717, 1.165) is 53.7 Å². The molecule has 11 heteroatoms. The van der Waals surface area contributed by atoms with E-state index in [1.165, 1.54) is 12.1 Å². The Kier molecular flexibility index (Phi) is 11.9. The van der Waals surface area contributed by atoms with Gasteiger partial charge in [0, 0.05) is 48.9 Å². The first kappa shape index (κ1) is 39.6. The van der Waals surface area contributed by atoms with Crippen LogP contribution in [0.4, 0.5) is 4.79 Å². The number of fused-ring (bicyclic) bond motifs is 4. The second-order valence-electron chi connectivity index (χ2n) is 15.8. The van der Waals surface area contributed by atoms with E-state index < -0.39 is 18.2 Å². The number of rotatable bonds is 15. The van der Waals surface area contributed by atoms with E-state index in [2.05, 4.69) is 15.6 Å². The van der Waals surface area contributed by atoms with E-state index in [1.807, 2.05) is 109 Å². The largest absolute Gasteiger partial charge is 0.506 e. The van der Waals surface area contributed by atoms with Crippen LogP contribution in [0.2, 0.25) is 0 Å². The summed E-state index contributed by atoms with van der Waals surface area (Å²) >= 11 is 0. The number of aromatic nitrogens is 1. The van der Waals surface area contributed by atoms with Gasteiger partial charge in [0.2, 0.25) is 11.3 Å². The number of ether oxygens (including phenoxy) is 2. The molecule has 2 bridgehead atoms. The number of nitrogens with zero attached hydrogens (tertiary/aromatic N) is 1. The summed E-state index contributed by atoms with van der Waals surface area (Å²) in [6, 6.07) is 40.6. The minimum Gasteiger partial charge on any atom is -0.506 e. The zero-order chi connectivity index (χ0) is 40.8. The SMILES string of the molecule is O=C(NC(c1ccccc1)c1cccc(OCc2ccc(CNC[C@@H](O)c3ccc(O)c4[nH]c(=O)ccc34)cc2)c1)O[C@H]1C[N+]2(CC(=O)c3ccccc3)CCC1CC2. The van der Waals surface area contributed by atoms with E-state index in [4.69, 9.17) is 9.47 Å². The van der Waals surface area contributed by atoms with Crippen molar-refractivity contribution in [1.82, 2.24) is 15.6 Å². The van der Waals surface area contributed by atoms with Crippen molar-refractivity contribution in [2.24, 2.45) is 5.92 Å². The molecule has 302 valence electrons. The molecule has 3 saturated heterocycles. The van der Waals surface area contributed by atoms with Crippen molar-refractivity contribution in [2.75, 3.05) is 32.7 Å². The number of pyridine rings is 1. The fraction of sp³-hybridized carbons (Fsp3) is 0.271. The van der Waals surface area contributed by atoms with Gasteiger partial charge in [-0.2, -0.15) is 0 Å². The van der Waals surface area contributed by atoms with Crippen molar-refractivity contribution in [1.29, 1.82) is 0 Å². The Balaban J connectivity index is 0.863. The van der Waals surface area contributed by atoms with E-state index in [-0.39, 0.29) is 35.7 Å². The number of alkyl carbamates (subject to hydrolysis) is 1. The fourth-order valence-corrected chi connectivity index (χ4v) is 8.61. The molecular formula is C48H49N4O7+. The van der Waals surface area contributed by atoms with Gasteiger partial charge < -0.3 is 39.8 Å². The summed E-state index contributed by atoms with van der Waals surface area (Å²) in [6.07, 6.45) is 0.262. The van der Waals surface area contributed by atoms with Crippen LogP contribution in [0.1, 0.15) is 63.2 Å². The lowest BCUT2D eigenvalue weighted by molar-refractivity contribution is -0.938. The summed E-state index contributed by atoms with van der Waals surface area (Å²) in [7, 11) is 0. The summed E-state index contributed by atoms with van der Waals surface area (Å²) in [5, 5.41) is 28.1. The molecule has 5 aromatic carbocycles. The van der Waals surface area contributed by atoms with Crippen molar-refractivity contribution >= 4 is 22.8 Å². The van der Waals surface area contributed by atoms with Gasteiger partial charge in [0.25, 0.3) is 0 Å². The molecule has 6 aromatic rings. The van der Waals surface area contributed by atoms with Gasteiger partial charge in [-0.15, -0.1) is 0 Å². The molecule has 59 heavy (non-hydrogen) atoms. The number of aromatic hydroxyl groups is 1. The number of aromatic amines is 1. The molecule has 3 aliphatic rings. The number of quaternary nitrogens is 1. The Labute approximate surface area is 342 Å². The topological polar surface area (TPSA) is 150 Å². The first-order valence-corrected chi connectivity index (χ1v) is 20.2. The number of piperidine rings is 3. The monoisotopic (exact) mass is 793 g/mol. The Bertz CT molecular complexity index is 2450. The summed E-state index contributed by atoms with van der Waals surface area (Å²) in [5.41, 5.74) is 5.09. The average molecular weight is 794 g/mol. The molecule has 0 saturated carbocycles. The van der Waals surface area contributed by atoms with Crippen LogP contribution in [0.3, 0.4) is 0 Å². The fourth-order valence-electron chi connectivity index (χ4n) is 8.61. The van der Waals surface area contributed by atoms with E-state index in [9.17, 15) is 24.6 Å². The molecule has 5 N–H and O–H groups in total. The highest BCUT2D eigenvalue weighted by atomic mass is 16.6. The maximum Gasteiger partial charge on any atom is 0.408 e. The molecule has 1 amide bonds. The Morgan fingerprint density at radius 2 is 1.53 bits per heavy atom. The van der Waals surface area contributed by atoms with Crippen LogP contribution in [-0.2, 0) is 17.9 Å². The van der Waals surface area contributed by atoms with Gasteiger partial charge in [-0.05, 0) is 52.1 Å². The van der Waals surface area contributed by atoms with Crippen molar-refractivity contribution in [3.63, 3.8) is 0 Å². The van der Waals surface area contributed by atoms with Crippen LogP contribution in [-0.4, -0.2) is 70.4 Å². The number of nitrogens with one attached hydrogen (secondary N) is 3. The van der Waals surface area contributed by atoms with E-state index in [0.29, 0.717) is 52.9 Å². The Morgan fingerprint density at radius 3 is 2.29 bits per heavy atom. The van der Waals surface area contributed by atoms with Gasteiger partial charge in [0.15, 0.2) is 6.10 Å². The standard InChI is InChI=1S/C48H48N4O7/c53-41-20-18-39(40-19-21-45(56)50-47(40)41)42(54)28-49-27-32-14-16-33(17-15-32)31-58-38-13-7-12-37(26-38)46(36-10-5-2-6-11-36)51-48(57)59-44-30-52(24-22-35(44)23-25-52)29-43(55)34-8-3-1-4-9-34/h1-21,26,35,42,44,46,49,54H,22-25,27-31H2,(H2-,50,51,53,56,57)/p+1/t35?,42-,44+,46?,52?/m1/s1. The number of phenolic OH excluding ortho intramolecular Hbond substituents is 1. The Morgan fingerprint density at radius 1 is 0.814 bits per heavy atom. The number of carbonyl (C=O) groups excluding carboxylic acids is 2. The molecule has 3 atom stereocenters. The highest BCUT2D eigenvalue weighted by molar-refractivity contribution is 5.97. The van der Waals surface area contributed by atoms with Crippen molar-refractivity contribution in [3.8, 4) is 11.5 Å². The number of Topliss-reactive ketones (excluding diaryl/α,β-unsaturated/α-hetero) is 1. The summed E-state index contributed by atoms with van der Waals surface area (Å²) < 4.78 is 13.1. The third-order valence-corrected chi connectivity index (χ3v) is 11.8. The smallest absolute Gasteiger partial charge is 0.408 e. The third kappa shape index (κ3) is 9.39. The molecule has 1 unspecified atom stereocenters. The molecule has 9 rings (SSSR count). The molecule has 4 heterocycles. The lowest BCUT2D eigenvalue weighted by atomic mass is 9.83. The van der Waals surface area contributed by atoms with Gasteiger partial charge in [-0.1, -0.05) is 103 Å². The number of aliphatic hydroxyl groups is 1. The highest BCUT2D eigenvalue weighted by Gasteiger charge is 2.48. The Hall–Kier alpha value is -6.27. The predicted octanol–water partition coefficient (Wildman–Crippen LogP) is 6.94. The van der Waals surface area contributed by atoms with Crippen LogP contribution in [0.5, 0.6) is 11.5 Å². The maximum absolute atomic E-state index is 13.7. The molecule has 11 nitrogen and oxygen atoms in total. The summed E-state index contributed by atoms with van der Waals surface area (Å²) in [6.45, 7) is 4.03. The van der Waals surface area contributed by atoms with Crippen LogP contribution < -0.4 is 20.9 Å². The molecule has 1 aromatic heterocycles. The third-order valence-electron chi connectivity index (χ3n) is 11.8. The van der Waals surface area contributed by atoms with Gasteiger partial charge in [-0.3, -0.25) is 9.59 Å². The second kappa shape index (κ2) is 17.7. The summed E-state index contributed by atoms with van der Waals surface area (Å²) in [5.74, 6) is 1.03. The van der Waals surface area contributed by atoms with Crippen molar-refractivity contribution in [3.05, 3.63) is 177 Å². The number of aliphatic hydroxyl groups excluding tert-OH is 1. The van der Waals surface area contributed by atoms with Crippen LogP contribution in [0, 0.1) is 5.92 Å². The lowest BCUT2D eigenvalue weighted by Crippen LogP contribution is -2.66. The van der Waals surface area contributed by atoms with E-state index >= 15 is 0 Å². The van der Waals surface area contributed by atoms with Gasteiger partial charge >= 0.3 is 6.09 Å². The molecular weight excluding hydrogens is 745 g/mol. The van der Waals surface area contributed by atoms with Crippen LogP contribution in [0.25, 0.3) is 10.9 Å². The van der Waals surface area contributed by atoms with Gasteiger partial charge in [0.05, 0.1) is 30.8 Å².